The first kappa shape index (κ1) is 18.2. The molecule has 0 aliphatic rings. The molecule has 0 fully saturated rings. The zero-order valence-corrected chi connectivity index (χ0v) is 13.6. The molecule has 0 radical (unpaired) electrons. The maximum Gasteiger partial charge on any atom is 0.406 e. The van der Waals surface area contributed by atoms with Crippen molar-refractivity contribution in [1.82, 2.24) is 13.9 Å². The standard InChI is InChI=1S/C15H16F3N3O2S/c1-20(11-14-19-8-9-21(14)12-15(16,17)18)24(22,23)10-7-13-5-3-2-4-6-13/h2-10H,11-12H2,1H3. The fourth-order valence-corrected chi connectivity index (χ4v) is 2.78. The van der Waals surface area contributed by atoms with E-state index in [-0.39, 0.29) is 12.4 Å². The molecule has 0 saturated heterocycles. The lowest BCUT2D eigenvalue weighted by atomic mass is 10.2. The molecule has 0 unspecified atom stereocenters. The monoisotopic (exact) mass is 359 g/mol. The molecule has 0 saturated carbocycles. The summed E-state index contributed by atoms with van der Waals surface area (Å²) < 4.78 is 63.7. The summed E-state index contributed by atoms with van der Waals surface area (Å²) >= 11 is 0. The van der Waals surface area contributed by atoms with Crippen LogP contribution in [0.5, 0.6) is 0 Å². The van der Waals surface area contributed by atoms with Gasteiger partial charge in [-0.25, -0.2) is 13.4 Å². The predicted molar refractivity (Wildman–Crippen MR) is 84.1 cm³/mol. The summed E-state index contributed by atoms with van der Waals surface area (Å²) in [6.45, 7) is -1.47. The summed E-state index contributed by atoms with van der Waals surface area (Å²) in [6, 6.07) is 8.82. The SMILES string of the molecule is CN(Cc1nccn1CC(F)(F)F)S(=O)(=O)C=Cc1ccccc1. The van der Waals surface area contributed by atoms with E-state index in [0.29, 0.717) is 5.56 Å². The van der Waals surface area contributed by atoms with Crippen molar-refractivity contribution in [2.75, 3.05) is 7.05 Å². The third-order valence-corrected chi connectivity index (χ3v) is 4.66. The zero-order valence-electron chi connectivity index (χ0n) is 12.8. The molecular weight excluding hydrogens is 343 g/mol. The molecule has 2 rings (SSSR count). The van der Waals surface area contributed by atoms with Crippen LogP contribution in [-0.2, 0) is 23.1 Å². The van der Waals surface area contributed by atoms with Gasteiger partial charge < -0.3 is 4.57 Å². The highest BCUT2D eigenvalue weighted by molar-refractivity contribution is 7.92. The first-order valence-electron chi connectivity index (χ1n) is 6.93. The van der Waals surface area contributed by atoms with Gasteiger partial charge in [0.25, 0.3) is 0 Å². The van der Waals surface area contributed by atoms with Crippen LogP contribution in [0.3, 0.4) is 0 Å². The van der Waals surface area contributed by atoms with E-state index < -0.39 is 22.7 Å². The van der Waals surface area contributed by atoms with Crippen LogP contribution in [0.15, 0.2) is 48.1 Å². The van der Waals surface area contributed by atoms with Gasteiger partial charge in [-0.05, 0) is 11.6 Å². The van der Waals surface area contributed by atoms with E-state index in [1.807, 2.05) is 0 Å². The Bertz CT molecular complexity index is 799. The van der Waals surface area contributed by atoms with Crippen LogP contribution in [0, 0.1) is 0 Å². The fraction of sp³-hybridized carbons (Fsp3) is 0.267. The number of sulfonamides is 1. The quantitative estimate of drug-likeness (QED) is 0.797. The van der Waals surface area contributed by atoms with Gasteiger partial charge in [-0.15, -0.1) is 0 Å². The van der Waals surface area contributed by atoms with Crippen molar-refractivity contribution >= 4 is 16.1 Å². The van der Waals surface area contributed by atoms with Crippen molar-refractivity contribution in [3.05, 3.63) is 59.5 Å². The Morgan fingerprint density at radius 3 is 2.54 bits per heavy atom. The van der Waals surface area contributed by atoms with Crippen molar-refractivity contribution in [3.63, 3.8) is 0 Å². The van der Waals surface area contributed by atoms with Gasteiger partial charge in [0.05, 0.1) is 6.54 Å². The summed E-state index contributed by atoms with van der Waals surface area (Å²) in [5.41, 5.74) is 0.702. The lowest BCUT2D eigenvalue weighted by molar-refractivity contribution is -0.141. The molecule has 0 spiro atoms. The van der Waals surface area contributed by atoms with Crippen LogP contribution in [0.4, 0.5) is 13.2 Å². The molecule has 5 nitrogen and oxygen atoms in total. The van der Waals surface area contributed by atoms with Crippen molar-refractivity contribution in [2.24, 2.45) is 0 Å². The van der Waals surface area contributed by atoms with E-state index in [9.17, 15) is 21.6 Å². The summed E-state index contributed by atoms with van der Waals surface area (Å²) in [7, 11) is -2.49. The number of rotatable bonds is 6. The van der Waals surface area contributed by atoms with Crippen molar-refractivity contribution < 1.29 is 21.6 Å². The highest BCUT2D eigenvalue weighted by Gasteiger charge is 2.29. The normalized spacial score (nSPS) is 13.0. The summed E-state index contributed by atoms with van der Waals surface area (Å²) in [5.74, 6) is 0.0199. The van der Waals surface area contributed by atoms with Gasteiger partial charge in [0.1, 0.15) is 12.4 Å². The van der Waals surface area contributed by atoms with E-state index in [2.05, 4.69) is 4.98 Å². The van der Waals surface area contributed by atoms with Crippen molar-refractivity contribution in [2.45, 2.75) is 19.3 Å². The van der Waals surface area contributed by atoms with Gasteiger partial charge in [0.15, 0.2) is 0 Å². The minimum absolute atomic E-state index is 0.0199. The molecule has 0 aliphatic carbocycles. The summed E-state index contributed by atoms with van der Waals surface area (Å²) in [5, 5.41) is 1.01. The highest BCUT2D eigenvalue weighted by atomic mass is 32.2. The lowest BCUT2D eigenvalue weighted by Crippen LogP contribution is -2.27. The Morgan fingerprint density at radius 1 is 1.25 bits per heavy atom. The van der Waals surface area contributed by atoms with Crippen LogP contribution in [0.2, 0.25) is 0 Å². The molecule has 1 aromatic heterocycles. The maximum atomic E-state index is 12.5. The highest BCUT2D eigenvalue weighted by Crippen LogP contribution is 2.19. The molecule has 0 bridgehead atoms. The number of nitrogens with zero attached hydrogens (tertiary/aromatic N) is 3. The second-order valence-corrected chi connectivity index (χ2v) is 7.03. The Morgan fingerprint density at radius 2 is 1.92 bits per heavy atom. The number of halogens is 3. The van der Waals surface area contributed by atoms with E-state index in [0.717, 1.165) is 14.3 Å². The largest absolute Gasteiger partial charge is 0.406 e. The number of hydrogen-bond donors (Lipinski definition) is 0. The number of aromatic nitrogens is 2. The summed E-state index contributed by atoms with van der Waals surface area (Å²) in [6.07, 6.45) is -0.599. The Hall–Kier alpha value is -2.13. The van der Waals surface area contributed by atoms with Gasteiger partial charge >= 0.3 is 6.18 Å². The van der Waals surface area contributed by atoms with Crippen molar-refractivity contribution in [3.8, 4) is 0 Å². The molecule has 0 amide bonds. The topological polar surface area (TPSA) is 55.2 Å². The Balaban J connectivity index is 2.10. The number of alkyl halides is 3. The van der Waals surface area contributed by atoms with Gasteiger partial charge in [-0.1, -0.05) is 30.3 Å². The van der Waals surface area contributed by atoms with Crippen LogP contribution in [0.1, 0.15) is 11.4 Å². The molecule has 1 heterocycles. The Labute approximate surface area is 138 Å². The molecule has 130 valence electrons. The van der Waals surface area contributed by atoms with Crippen LogP contribution < -0.4 is 0 Å². The van der Waals surface area contributed by atoms with Gasteiger partial charge in [0.2, 0.25) is 10.0 Å². The molecule has 1 aromatic carbocycles. The van der Waals surface area contributed by atoms with Crippen LogP contribution in [-0.4, -0.2) is 35.5 Å². The molecule has 2 aromatic rings. The zero-order chi connectivity index (χ0) is 17.8. The predicted octanol–water partition coefficient (Wildman–Crippen LogP) is 2.88. The first-order valence-corrected chi connectivity index (χ1v) is 8.44. The van der Waals surface area contributed by atoms with E-state index in [1.165, 1.54) is 25.5 Å². The summed E-state index contributed by atoms with van der Waals surface area (Å²) in [4.78, 5) is 3.80. The fourth-order valence-electron chi connectivity index (χ4n) is 1.95. The molecule has 0 aliphatic heterocycles. The minimum Gasteiger partial charge on any atom is -0.325 e. The average Bonchev–Trinajstić information content (AvgIpc) is 2.91. The van der Waals surface area contributed by atoms with Crippen LogP contribution in [0.25, 0.3) is 6.08 Å². The Kier molecular flexibility index (Phi) is 5.45. The lowest BCUT2D eigenvalue weighted by Gasteiger charge is -2.16. The smallest absolute Gasteiger partial charge is 0.325 e. The molecule has 24 heavy (non-hydrogen) atoms. The van der Waals surface area contributed by atoms with Gasteiger partial charge in [-0.3, -0.25) is 0 Å². The van der Waals surface area contributed by atoms with Gasteiger partial charge in [0, 0.05) is 24.8 Å². The molecular formula is C15H16F3N3O2S. The van der Waals surface area contributed by atoms with E-state index in [4.69, 9.17) is 0 Å². The van der Waals surface area contributed by atoms with E-state index in [1.54, 1.807) is 30.3 Å². The third kappa shape index (κ3) is 5.20. The van der Waals surface area contributed by atoms with Crippen LogP contribution >= 0.6 is 0 Å². The van der Waals surface area contributed by atoms with Crippen molar-refractivity contribution in [1.29, 1.82) is 0 Å². The first-order chi connectivity index (χ1) is 11.2. The second-order valence-electron chi connectivity index (χ2n) is 5.10. The average molecular weight is 359 g/mol. The number of hydrogen-bond acceptors (Lipinski definition) is 3. The number of benzene rings is 1. The molecule has 0 atom stereocenters. The maximum absolute atomic E-state index is 12.5. The van der Waals surface area contributed by atoms with E-state index >= 15 is 0 Å². The third-order valence-electron chi connectivity index (χ3n) is 3.18. The number of imidazole rings is 1. The molecule has 9 heteroatoms. The second kappa shape index (κ2) is 7.18. The molecule has 0 N–H and O–H groups in total. The minimum atomic E-state index is -4.40. The van der Waals surface area contributed by atoms with Gasteiger partial charge in [-0.2, -0.15) is 17.5 Å².